The van der Waals surface area contributed by atoms with Crippen molar-refractivity contribution in [2.45, 2.75) is 19.3 Å². The van der Waals surface area contributed by atoms with Crippen LogP contribution in [0.3, 0.4) is 0 Å². The van der Waals surface area contributed by atoms with Crippen LogP contribution in [-0.2, 0) is 13.5 Å². The topological polar surface area (TPSA) is 64.4 Å². The fraction of sp³-hybridized carbons (Fsp3) is 0.353. The van der Waals surface area contributed by atoms with E-state index >= 15 is 0 Å². The molecule has 6 heteroatoms. The highest BCUT2D eigenvalue weighted by molar-refractivity contribution is 6.05. The summed E-state index contributed by atoms with van der Waals surface area (Å²) < 4.78 is 6.63. The zero-order valence-electron chi connectivity index (χ0n) is 13.3. The van der Waals surface area contributed by atoms with Crippen LogP contribution in [0.2, 0.25) is 0 Å². The summed E-state index contributed by atoms with van der Waals surface area (Å²) in [6.45, 7) is 0.607. The third-order valence-corrected chi connectivity index (χ3v) is 4.10. The van der Waals surface area contributed by atoms with Crippen LogP contribution in [0, 0.1) is 0 Å². The fourth-order valence-electron chi connectivity index (χ4n) is 2.77. The minimum Gasteiger partial charge on any atom is -0.497 e. The van der Waals surface area contributed by atoms with Crippen molar-refractivity contribution in [3.05, 3.63) is 52.2 Å². The molecule has 23 heavy (non-hydrogen) atoms. The number of amides is 1. The number of carbonyl (C=O) groups excluding carboxylic acids is 1. The van der Waals surface area contributed by atoms with Crippen molar-refractivity contribution in [1.29, 1.82) is 0 Å². The first kappa shape index (κ1) is 15.3. The molecule has 0 radical (unpaired) electrons. The molecule has 3 rings (SSSR count). The number of methoxy groups -OCH3 is 1. The number of ether oxygens (including phenoxy) is 1. The van der Waals surface area contributed by atoms with E-state index in [0.29, 0.717) is 12.3 Å². The van der Waals surface area contributed by atoms with Crippen molar-refractivity contribution >= 4 is 11.6 Å². The average Bonchev–Trinajstić information content (AvgIpc) is 2.78. The minimum absolute atomic E-state index is 0.170. The zero-order chi connectivity index (χ0) is 16.4. The summed E-state index contributed by atoms with van der Waals surface area (Å²) in [5, 5.41) is 0. The highest BCUT2D eigenvalue weighted by atomic mass is 16.5. The van der Waals surface area contributed by atoms with Crippen LogP contribution in [0.1, 0.15) is 28.9 Å². The van der Waals surface area contributed by atoms with Crippen LogP contribution in [-0.4, -0.2) is 29.1 Å². The van der Waals surface area contributed by atoms with Crippen molar-refractivity contribution < 1.29 is 9.53 Å². The van der Waals surface area contributed by atoms with Crippen LogP contribution in [0.4, 0.5) is 5.69 Å². The Morgan fingerprint density at radius 2 is 2.09 bits per heavy atom. The van der Waals surface area contributed by atoms with Crippen molar-refractivity contribution in [1.82, 2.24) is 9.55 Å². The standard InChI is InChI=1S/C17H19N3O3/c1-19-11-18-14(10-16(19)21)17(22)20-8-4-3-5-12-6-7-13(23-2)9-15(12)20/h6-7,9-11H,3-5,8H2,1-2H3. The van der Waals surface area contributed by atoms with Crippen LogP contribution in [0.25, 0.3) is 0 Å². The Kier molecular flexibility index (Phi) is 4.14. The predicted octanol–water partition coefficient (Wildman–Crippen LogP) is 1.77. The molecule has 1 aliphatic heterocycles. The lowest BCUT2D eigenvalue weighted by Crippen LogP contribution is -2.33. The smallest absolute Gasteiger partial charge is 0.277 e. The molecular weight excluding hydrogens is 294 g/mol. The van der Waals surface area contributed by atoms with E-state index < -0.39 is 0 Å². The van der Waals surface area contributed by atoms with Gasteiger partial charge >= 0.3 is 0 Å². The van der Waals surface area contributed by atoms with E-state index in [0.717, 1.165) is 30.5 Å². The maximum atomic E-state index is 12.9. The summed E-state index contributed by atoms with van der Waals surface area (Å²) >= 11 is 0. The molecule has 0 unspecified atom stereocenters. The maximum absolute atomic E-state index is 12.9. The summed E-state index contributed by atoms with van der Waals surface area (Å²) in [6.07, 6.45) is 4.23. The number of hydrogen-bond donors (Lipinski definition) is 0. The van der Waals surface area contributed by atoms with E-state index in [1.54, 1.807) is 19.1 Å². The molecule has 1 amide bonds. The molecular formula is C17H19N3O3. The highest BCUT2D eigenvalue weighted by Gasteiger charge is 2.24. The van der Waals surface area contributed by atoms with Gasteiger partial charge in [-0.25, -0.2) is 4.98 Å². The Hall–Kier alpha value is -2.63. The molecule has 0 fully saturated rings. The van der Waals surface area contributed by atoms with E-state index in [4.69, 9.17) is 4.74 Å². The number of benzene rings is 1. The first-order valence-corrected chi connectivity index (χ1v) is 7.61. The fourth-order valence-corrected chi connectivity index (χ4v) is 2.77. The van der Waals surface area contributed by atoms with Crippen molar-refractivity contribution in [2.75, 3.05) is 18.6 Å². The Bertz CT molecular complexity index is 798. The van der Waals surface area contributed by atoms with Gasteiger partial charge in [0, 0.05) is 25.7 Å². The van der Waals surface area contributed by atoms with Crippen molar-refractivity contribution in [2.24, 2.45) is 7.05 Å². The number of aryl methyl sites for hydroxylation is 2. The highest BCUT2D eigenvalue weighted by Crippen LogP contribution is 2.31. The molecule has 120 valence electrons. The number of hydrogen-bond acceptors (Lipinski definition) is 4. The molecule has 0 spiro atoms. The van der Waals surface area contributed by atoms with Crippen LogP contribution in [0.15, 0.2) is 35.4 Å². The van der Waals surface area contributed by atoms with E-state index in [1.165, 1.54) is 17.0 Å². The normalized spacial score (nSPS) is 14.1. The van der Waals surface area contributed by atoms with E-state index in [9.17, 15) is 9.59 Å². The second kappa shape index (κ2) is 6.24. The third-order valence-electron chi connectivity index (χ3n) is 4.10. The van der Waals surface area contributed by atoms with Crippen molar-refractivity contribution in [3.63, 3.8) is 0 Å². The number of aromatic nitrogens is 2. The van der Waals surface area contributed by atoms with Gasteiger partial charge in [0.2, 0.25) is 0 Å². The molecule has 1 aliphatic rings. The number of anilines is 1. The van der Waals surface area contributed by atoms with Gasteiger partial charge in [-0.3, -0.25) is 9.59 Å². The molecule has 0 atom stereocenters. The monoisotopic (exact) mass is 313 g/mol. The Balaban J connectivity index is 2.03. The third kappa shape index (κ3) is 2.97. The van der Waals surface area contributed by atoms with Crippen LogP contribution >= 0.6 is 0 Å². The molecule has 1 aromatic heterocycles. The summed E-state index contributed by atoms with van der Waals surface area (Å²) in [7, 11) is 3.21. The van der Waals surface area contributed by atoms with Gasteiger partial charge in [-0.15, -0.1) is 0 Å². The number of rotatable bonds is 2. The first-order valence-electron chi connectivity index (χ1n) is 7.61. The molecule has 0 N–H and O–H groups in total. The second-order valence-corrected chi connectivity index (χ2v) is 5.63. The Morgan fingerprint density at radius 1 is 1.26 bits per heavy atom. The van der Waals surface area contributed by atoms with Gasteiger partial charge in [0.25, 0.3) is 11.5 Å². The molecule has 6 nitrogen and oxygen atoms in total. The predicted molar refractivity (Wildman–Crippen MR) is 87.1 cm³/mol. The summed E-state index contributed by atoms with van der Waals surface area (Å²) in [4.78, 5) is 30.4. The molecule has 0 aliphatic carbocycles. The van der Waals surface area contributed by atoms with Gasteiger partial charge in [-0.05, 0) is 30.9 Å². The SMILES string of the molecule is COc1ccc2c(c1)N(C(=O)c1cc(=O)n(C)cn1)CCCC2. The van der Waals surface area contributed by atoms with E-state index in [-0.39, 0.29) is 17.2 Å². The first-order chi connectivity index (χ1) is 11.1. The molecule has 0 saturated heterocycles. The maximum Gasteiger partial charge on any atom is 0.277 e. The minimum atomic E-state index is -0.251. The molecule has 0 saturated carbocycles. The molecule has 2 aromatic rings. The van der Waals surface area contributed by atoms with Gasteiger partial charge in [-0.1, -0.05) is 6.07 Å². The second-order valence-electron chi connectivity index (χ2n) is 5.63. The molecule has 1 aromatic carbocycles. The summed E-state index contributed by atoms with van der Waals surface area (Å²) in [6, 6.07) is 7.06. The van der Waals surface area contributed by atoms with Gasteiger partial charge in [-0.2, -0.15) is 0 Å². The van der Waals surface area contributed by atoms with Gasteiger partial charge in [0.15, 0.2) is 0 Å². The number of nitrogens with zero attached hydrogens (tertiary/aromatic N) is 3. The quantitative estimate of drug-likeness (QED) is 0.847. The number of fused-ring (bicyclic) bond motifs is 1. The lowest BCUT2D eigenvalue weighted by molar-refractivity contribution is 0.0981. The van der Waals surface area contributed by atoms with Crippen LogP contribution in [0.5, 0.6) is 5.75 Å². The zero-order valence-corrected chi connectivity index (χ0v) is 13.3. The van der Waals surface area contributed by atoms with Crippen LogP contribution < -0.4 is 15.2 Å². The van der Waals surface area contributed by atoms with E-state index in [1.807, 2.05) is 18.2 Å². The van der Waals surface area contributed by atoms with E-state index in [2.05, 4.69) is 4.98 Å². The van der Waals surface area contributed by atoms with Gasteiger partial charge < -0.3 is 14.2 Å². The summed E-state index contributed by atoms with van der Waals surface area (Å²) in [5.74, 6) is 0.458. The summed E-state index contributed by atoms with van der Waals surface area (Å²) in [5.41, 5.74) is 1.88. The van der Waals surface area contributed by atoms with Gasteiger partial charge in [0.1, 0.15) is 11.4 Å². The molecule has 2 heterocycles. The number of carbonyl (C=O) groups is 1. The lowest BCUT2D eigenvalue weighted by atomic mass is 10.1. The molecule has 0 bridgehead atoms. The Labute approximate surface area is 134 Å². The van der Waals surface area contributed by atoms with Crippen molar-refractivity contribution in [3.8, 4) is 5.75 Å². The average molecular weight is 313 g/mol. The largest absolute Gasteiger partial charge is 0.497 e. The van der Waals surface area contributed by atoms with Gasteiger partial charge in [0.05, 0.1) is 19.1 Å². The Morgan fingerprint density at radius 3 is 2.83 bits per heavy atom. The lowest BCUT2D eigenvalue weighted by Gasteiger charge is -2.23.